The summed E-state index contributed by atoms with van der Waals surface area (Å²) in [6.07, 6.45) is 1.52. The lowest BCUT2D eigenvalue weighted by molar-refractivity contribution is 0.316. The van der Waals surface area contributed by atoms with E-state index in [2.05, 4.69) is 16.4 Å². The lowest BCUT2D eigenvalue weighted by Crippen LogP contribution is -2.39. The molecule has 1 saturated heterocycles. The second-order valence-corrected chi connectivity index (χ2v) is 4.43. The third-order valence-corrected chi connectivity index (χ3v) is 3.37. The van der Waals surface area contributed by atoms with Crippen LogP contribution in [-0.4, -0.2) is 18.1 Å². The highest BCUT2D eigenvalue weighted by atomic mass is 16.3. The molecule has 2 heterocycles. The van der Waals surface area contributed by atoms with Gasteiger partial charge in [-0.2, -0.15) is 5.26 Å². The molecule has 2 aromatic rings. The predicted molar refractivity (Wildman–Crippen MR) is 63.4 cm³/mol. The van der Waals surface area contributed by atoms with Gasteiger partial charge in [-0.25, -0.2) is 4.98 Å². The Labute approximate surface area is 99.3 Å². The van der Waals surface area contributed by atoms with Crippen molar-refractivity contribution in [2.45, 2.75) is 18.3 Å². The number of rotatable bonds is 1. The van der Waals surface area contributed by atoms with Gasteiger partial charge in [0, 0.05) is 0 Å². The average molecular weight is 227 g/mol. The zero-order valence-corrected chi connectivity index (χ0v) is 9.44. The Kier molecular flexibility index (Phi) is 2.34. The summed E-state index contributed by atoms with van der Waals surface area (Å²) in [5.41, 5.74) is 1.04. The molecule has 0 bridgehead atoms. The number of aromatic nitrogens is 1. The summed E-state index contributed by atoms with van der Waals surface area (Å²) in [7, 11) is 0. The van der Waals surface area contributed by atoms with Crippen LogP contribution in [0.2, 0.25) is 0 Å². The summed E-state index contributed by atoms with van der Waals surface area (Å²) in [5, 5.41) is 12.7. The molecule has 1 N–H and O–H groups in total. The van der Waals surface area contributed by atoms with Crippen molar-refractivity contribution in [3.05, 3.63) is 30.2 Å². The van der Waals surface area contributed by atoms with E-state index in [1.54, 1.807) is 0 Å². The maximum Gasteiger partial charge on any atom is 0.216 e. The van der Waals surface area contributed by atoms with Crippen molar-refractivity contribution in [2.24, 2.45) is 0 Å². The van der Waals surface area contributed by atoms with E-state index >= 15 is 0 Å². The van der Waals surface area contributed by atoms with Gasteiger partial charge in [0.25, 0.3) is 0 Å². The lowest BCUT2D eigenvalue weighted by Gasteiger charge is -2.27. The SMILES string of the molecule is N#CC1(c2nc3ccccc3o2)CCNCC1. The van der Waals surface area contributed by atoms with Gasteiger partial charge in [0.15, 0.2) is 5.58 Å². The van der Waals surface area contributed by atoms with E-state index in [0.29, 0.717) is 5.89 Å². The first-order chi connectivity index (χ1) is 8.34. The number of hydrogen-bond donors (Lipinski definition) is 1. The summed E-state index contributed by atoms with van der Waals surface area (Å²) in [4.78, 5) is 4.46. The van der Waals surface area contributed by atoms with Crippen LogP contribution in [0.25, 0.3) is 11.1 Å². The van der Waals surface area contributed by atoms with Gasteiger partial charge in [-0.15, -0.1) is 0 Å². The number of para-hydroxylation sites is 2. The highest BCUT2D eigenvalue weighted by Crippen LogP contribution is 2.33. The molecule has 0 radical (unpaired) electrons. The van der Waals surface area contributed by atoms with E-state index in [0.717, 1.165) is 37.0 Å². The fourth-order valence-corrected chi connectivity index (χ4v) is 2.30. The molecule has 4 nitrogen and oxygen atoms in total. The van der Waals surface area contributed by atoms with Crippen molar-refractivity contribution in [3.63, 3.8) is 0 Å². The minimum atomic E-state index is -0.551. The van der Waals surface area contributed by atoms with Gasteiger partial charge in [-0.05, 0) is 38.1 Å². The molecule has 86 valence electrons. The predicted octanol–water partition coefficient (Wildman–Crippen LogP) is 1.97. The van der Waals surface area contributed by atoms with Gasteiger partial charge in [-0.3, -0.25) is 0 Å². The van der Waals surface area contributed by atoms with Crippen molar-refractivity contribution in [2.75, 3.05) is 13.1 Å². The summed E-state index contributed by atoms with van der Waals surface area (Å²) in [5.74, 6) is 0.572. The van der Waals surface area contributed by atoms with Crippen LogP contribution in [0.15, 0.2) is 28.7 Å². The van der Waals surface area contributed by atoms with Crippen LogP contribution in [0.1, 0.15) is 18.7 Å². The molecule has 1 fully saturated rings. The Hall–Kier alpha value is -1.86. The van der Waals surface area contributed by atoms with Gasteiger partial charge in [0.2, 0.25) is 5.89 Å². The monoisotopic (exact) mass is 227 g/mol. The van der Waals surface area contributed by atoms with E-state index in [4.69, 9.17) is 4.42 Å². The van der Waals surface area contributed by atoms with Crippen molar-refractivity contribution in [3.8, 4) is 6.07 Å². The second-order valence-electron chi connectivity index (χ2n) is 4.43. The minimum absolute atomic E-state index is 0.551. The molecule has 3 rings (SSSR count). The Bertz CT molecular complexity index is 543. The van der Waals surface area contributed by atoms with Crippen LogP contribution in [0, 0.1) is 11.3 Å². The van der Waals surface area contributed by atoms with E-state index < -0.39 is 5.41 Å². The van der Waals surface area contributed by atoms with E-state index in [-0.39, 0.29) is 0 Å². The first-order valence-corrected chi connectivity index (χ1v) is 5.82. The molecule has 1 aliphatic heterocycles. The molecular weight excluding hydrogens is 214 g/mol. The molecule has 0 saturated carbocycles. The molecular formula is C13H13N3O. The van der Waals surface area contributed by atoms with Crippen LogP contribution >= 0.6 is 0 Å². The number of fused-ring (bicyclic) bond motifs is 1. The van der Waals surface area contributed by atoms with Crippen molar-refractivity contribution < 1.29 is 4.42 Å². The third-order valence-electron chi connectivity index (χ3n) is 3.37. The summed E-state index contributed by atoms with van der Waals surface area (Å²) < 4.78 is 5.74. The van der Waals surface area contributed by atoms with Crippen LogP contribution in [0.5, 0.6) is 0 Å². The van der Waals surface area contributed by atoms with Crippen LogP contribution < -0.4 is 5.32 Å². The zero-order chi connectivity index (χ0) is 11.7. The molecule has 0 spiro atoms. The molecule has 0 amide bonds. The van der Waals surface area contributed by atoms with Gasteiger partial charge in [0.05, 0.1) is 6.07 Å². The molecule has 17 heavy (non-hydrogen) atoms. The Morgan fingerprint density at radius 2 is 2.06 bits per heavy atom. The van der Waals surface area contributed by atoms with Gasteiger partial charge in [-0.1, -0.05) is 12.1 Å². The van der Waals surface area contributed by atoms with Crippen LogP contribution in [0.4, 0.5) is 0 Å². The van der Waals surface area contributed by atoms with E-state index in [1.807, 2.05) is 24.3 Å². The highest BCUT2D eigenvalue weighted by molar-refractivity contribution is 5.72. The number of nitrogens with one attached hydrogen (secondary N) is 1. The largest absolute Gasteiger partial charge is 0.439 e. The number of nitrogens with zero attached hydrogens (tertiary/aromatic N) is 2. The molecule has 4 heteroatoms. The van der Waals surface area contributed by atoms with Crippen molar-refractivity contribution in [1.29, 1.82) is 5.26 Å². The standard InChI is InChI=1S/C13H13N3O/c14-9-13(5-7-15-8-6-13)12-16-10-3-1-2-4-11(10)17-12/h1-4,15H,5-8H2. The molecule has 1 aromatic carbocycles. The topological polar surface area (TPSA) is 61.9 Å². The summed E-state index contributed by atoms with van der Waals surface area (Å²) in [6.45, 7) is 1.68. The minimum Gasteiger partial charge on any atom is -0.439 e. The summed E-state index contributed by atoms with van der Waals surface area (Å²) in [6, 6.07) is 10.0. The maximum absolute atomic E-state index is 9.44. The number of nitriles is 1. The number of oxazole rings is 1. The van der Waals surface area contributed by atoms with Crippen LogP contribution in [0.3, 0.4) is 0 Å². The van der Waals surface area contributed by atoms with Crippen LogP contribution in [-0.2, 0) is 5.41 Å². The molecule has 1 aliphatic rings. The fraction of sp³-hybridized carbons (Fsp3) is 0.385. The second kappa shape index (κ2) is 3.86. The lowest BCUT2D eigenvalue weighted by atomic mass is 9.80. The fourth-order valence-electron chi connectivity index (χ4n) is 2.30. The number of hydrogen-bond acceptors (Lipinski definition) is 4. The number of piperidine rings is 1. The highest BCUT2D eigenvalue weighted by Gasteiger charge is 2.38. The first-order valence-electron chi connectivity index (χ1n) is 5.82. The van der Waals surface area contributed by atoms with Gasteiger partial charge >= 0.3 is 0 Å². The quantitative estimate of drug-likeness (QED) is 0.809. The Morgan fingerprint density at radius 3 is 2.76 bits per heavy atom. The van der Waals surface area contributed by atoms with Crippen molar-refractivity contribution >= 4 is 11.1 Å². The van der Waals surface area contributed by atoms with E-state index in [1.165, 1.54) is 0 Å². The summed E-state index contributed by atoms with van der Waals surface area (Å²) >= 11 is 0. The Balaban J connectivity index is 2.10. The molecule has 0 atom stereocenters. The molecule has 1 aromatic heterocycles. The maximum atomic E-state index is 9.44. The average Bonchev–Trinajstić information content (AvgIpc) is 2.84. The van der Waals surface area contributed by atoms with Gasteiger partial charge in [0.1, 0.15) is 10.9 Å². The third kappa shape index (κ3) is 1.60. The smallest absolute Gasteiger partial charge is 0.216 e. The van der Waals surface area contributed by atoms with E-state index in [9.17, 15) is 5.26 Å². The first kappa shape index (κ1) is 10.3. The normalized spacial score (nSPS) is 19.0. The number of benzene rings is 1. The zero-order valence-electron chi connectivity index (χ0n) is 9.44. The molecule has 0 unspecified atom stereocenters. The Morgan fingerprint density at radius 1 is 1.29 bits per heavy atom. The molecule has 0 aliphatic carbocycles. The van der Waals surface area contributed by atoms with Crippen molar-refractivity contribution in [1.82, 2.24) is 10.3 Å². The van der Waals surface area contributed by atoms with Gasteiger partial charge < -0.3 is 9.73 Å².